The summed E-state index contributed by atoms with van der Waals surface area (Å²) in [5, 5.41) is 15.3. The quantitative estimate of drug-likeness (QED) is 0.319. The Kier molecular flexibility index (Phi) is 9.40. The standard InChI is InChI=1S/C36H48N4O2/c1-38-23-31(18-17-27-11-5-2-6-12-27)34(37-38)29-19-21-39(22-20-29)24-32-25-40(26-33(32)28-13-7-3-8-14-28)35(36(41)42)30-15-9-4-10-16-30/h2-3,5-8,11-14,23,29-30,32-33,35H,4,9-10,15-22,24-26H2,1H3,(H,41,42)/t32-,33+,35+/m0/s1. The summed E-state index contributed by atoms with van der Waals surface area (Å²) in [4.78, 5) is 17.6. The fourth-order valence-corrected chi connectivity index (χ4v) is 8.24. The van der Waals surface area contributed by atoms with E-state index in [1.54, 1.807) is 0 Å². The predicted octanol–water partition coefficient (Wildman–Crippen LogP) is 6.13. The van der Waals surface area contributed by atoms with Crippen molar-refractivity contribution in [1.82, 2.24) is 19.6 Å². The Morgan fingerprint density at radius 1 is 0.905 bits per heavy atom. The number of likely N-dealkylation sites (tertiary alicyclic amines) is 2. The molecular weight excluding hydrogens is 520 g/mol. The summed E-state index contributed by atoms with van der Waals surface area (Å²) in [5.74, 6) is 1.02. The zero-order valence-corrected chi connectivity index (χ0v) is 25.3. The molecule has 2 saturated heterocycles. The van der Waals surface area contributed by atoms with Gasteiger partial charge in [-0.1, -0.05) is 79.9 Å². The second-order valence-electron chi connectivity index (χ2n) is 13.2. The van der Waals surface area contributed by atoms with E-state index in [1.807, 2.05) is 4.68 Å². The average molecular weight is 569 g/mol. The topological polar surface area (TPSA) is 61.6 Å². The molecule has 0 amide bonds. The maximum Gasteiger partial charge on any atom is 0.321 e. The SMILES string of the molecule is Cn1cc(CCc2ccccc2)c(C2CCN(C[C@H]3CN([C@@H](C(=O)O)C4CCCCC4)C[C@@H]3c3ccccc3)CC2)n1. The number of carboxylic acid groups (broad SMARTS) is 1. The molecule has 3 aliphatic rings. The van der Waals surface area contributed by atoms with Crippen LogP contribution in [0, 0.1) is 11.8 Å². The first-order valence-electron chi connectivity index (χ1n) is 16.4. The van der Waals surface area contributed by atoms with Crippen LogP contribution in [0.15, 0.2) is 66.9 Å². The van der Waals surface area contributed by atoms with Crippen molar-refractivity contribution in [1.29, 1.82) is 0 Å². The Bertz CT molecular complexity index is 1280. The largest absolute Gasteiger partial charge is 0.480 e. The molecule has 1 N–H and O–H groups in total. The zero-order chi connectivity index (χ0) is 28.9. The van der Waals surface area contributed by atoms with Crippen molar-refractivity contribution in [3.8, 4) is 0 Å². The van der Waals surface area contributed by atoms with Crippen molar-refractivity contribution in [3.63, 3.8) is 0 Å². The lowest BCUT2D eigenvalue weighted by molar-refractivity contribution is -0.145. The third-order valence-corrected chi connectivity index (χ3v) is 10.4. The molecule has 224 valence electrons. The lowest BCUT2D eigenvalue weighted by Crippen LogP contribution is -2.46. The highest BCUT2D eigenvalue weighted by atomic mass is 16.4. The molecule has 0 radical (unpaired) electrons. The van der Waals surface area contributed by atoms with Gasteiger partial charge in [0, 0.05) is 44.7 Å². The first kappa shape index (κ1) is 29.1. The molecule has 3 fully saturated rings. The van der Waals surface area contributed by atoms with E-state index in [-0.39, 0.29) is 12.0 Å². The van der Waals surface area contributed by atoms with E-state index in [0.717, 1.165) is 71.2 Å². The van der Waals surface area contributed by atoms with E-state index in [0.29, 0.717) is 17.8 Å². The normalized spacial score (nSPS) is 23.7. The van der Waals surface area contributed by atoms with Gasteiger partial charge in [0.15, 0.2) is 0 Å². The Hall–Kier alpha value is -2.96. The van der Waals surface area contributed by atoms with Crippen LogP contribution in [-0.2, 0) is 24.7 Å². The molecule has 2 aliphatic heterocycles. The summed E-state index contributed by atoms with van der Waals surface area (Å²) in [6, 6.07) is 21.3. The number of benzene rings is 2. The minimum atomic E-state index is -0.617. The van der Waals surface area contributed by atoms with Crippen LogP contribution in [0.1, 0.15) is 79.2 Å². The molecule has 42 heavy (non-hydrogen) atoms. The van der Waals surface area contributed by atoms with Crippen LogP contribution < -0.4 is 0 Å². The van der Waals surface area contributed by atoms with Crippen LogP contribution in [0.4, 0.5) is 0 Å². The lowest BCUT2D eigenvalue weighted by atomic mass is 9.83. The van der Waals surface area contributed by atoms with Crippen molar-refractivity contribution in [2.24, 2.45) is 18.9 Å². The number of carbonyl (C=O) groups is 1. The smallest absolute Gasteiger partial charge is 0.321 e. The second-order valence-corrected chi connectivity index (χ2v) is 13.2. The van der Waals surface area contributed by atoms with Crippen LogP contribution in [-0.4, -0.2) is 69.4 Å². The number of nitrogens with zero attached hydrogens (tertiary/aromatic N) is 4. The van der Waals surface area contributed by atoms with Crippen LogP contribution in [0.25, 0.3) is 0 Å². The van der Waals surface area contributed by atoms with E-state index in [1.165, 1.54) is 41.6 Å². The van der Waals surface area contributed by atoms with Crippen molar-refractivity contribution < 1.29 is 9.90 Å². The molecule has 3 heterocycles. The molecule has 3 aromatic rings. The van der Waals surface area contributed by atoms with Crippen molar-refractivity contribution in [2.45, 2.75) is 75.7 Å². The Balaban J connectivity index is 1.11. The summed E-state index contributed by atoms with van der Waals surface area (Å²) in [7, 11) is 2.05. The Morgan fingerprint density at radius 3 is 2.29 bits per heavy atom. The zero-order valence-electron chi connectivity index (χ0n) is 25.3. The highest BCUT2D eigenvalue weighted by Gasteiger charge is 2.43. The number of hydrogen-bond acceptors (Lipinski definition) is 4. The molecule has 1 saturated carbocycles. The molecule has 0 unspecified atom stereocenters. The van der Waals surface area contributed by atoms with Gasteiger partial charge in [-0.2, -0.15) is 5.10 Å². The minimum Gasteiger partial charge on any atom is -0.480 e. The summed E-state index contributed by atoms with van der Waals surface area (Å²) < 4.78 is 2.00. The number of aliphatic carboxylic acids is 1. The fraction of sp³-hybridized carbons (Fsp3) is 0.556. The first-order chi connectivity index (χ1) is 20.5. The summed E-state index contributed by atoms with van der Waals surface area (Å²) in [6.07, 6.45) is 12.3. The van der Waals surface area contributed by atoms with Crippen molar-refractivity contribution in [2.75, 3.05) is 32.7 Å². The number of rotatable bonds is 10. The van der Waals surface area contributed by atoms with Gasteiger partial charge in [0.1, 0.15) is 6.04 Å². The number of carboxylic acids is 1. The van der Waals surface area contributed by atoms with Gasteiger partial charge < -0.3 is 10.0 Å². The molecule has 2 aromatic carbocycles. The third kappa shape index (κ3) is 6.81. The highest BCUT2D eigenvalue weighted by molar-refractivity contribution is 5.74. The van der Waals surface area contributed by atoms with E-state index >= 15 is 0 Å². The third-order valence-electron chi connectivity index (χ3n) is 10.4. The Labute approximate surface area is 251 Å². The number of piperidine rings is 1. The van der Waals surface area contributed by atoms with E-state index in [9.17, 15) is 9.90 Å². The maximum atomic E-state index is 12.6. The number of aromatic nitrogens is 2. The van der Waals surface area contributed by atoms with Crippen LogP contribution in [0.5, 0.6) is 0 Å². The molecule has 6 rings (SSSR count). The van der Waals surface area contributed by atoms with Gasteiger partial charge in [0.25, 0.3) is 0 Å². The van der Waals surface area contributed by atoms with Gasteiger partial charge in [0.05, 0.1) is 5.69 Å². The van der Waals surface area contributed by atoms with Gasteiger partial charge >= 0.3 is 5.97 Å². The summed E-state index contributed by atoms with van der Waals surface area (Å²) in [6.45, 7) is 4.96. The molecule has 0 bridgehead atoms. The van der Waals surface area contributed by atoms with Gasteiger partial charge in [-0.3, -0.25) is 14.4 Å². The summed E-state index contributed by atoms with van der Waals surface area (Å²) in [5.41, 5.74) is 5.45. The lowest BCUT2D eigenvalue weighted by Gasteiger charge is -2.35. The van der Waals surface area contributed by atoms with E-state index in [2.05, 4.69) is 83.7 Å². The predicted molar refractivity (Wildman–Crippen MR) is 168 cm³/mol. The molecule has 1 aromatic heterocycles. The molecule has 3 atom stereocenters. The molecule has 6 heteroatoms. The van der Waals surface area contributed by atoms with Crippen LogP contribution in [0.3, 0.4) is 0 Å². The molecule has 6 nitrogen and oxygen atoms in total. The van der Waals surface area contributed by atoms with Gasteiger partial charge in [-0.15, -0.1) is 0 Å². The van der Waals surface area contributed by atoms with Crippen molar-refractivity contribution >= 4 is 5.97 Å². The summed E-state index contributed by atoms with van der Waals surface area (Å²) >= 11 is 0. The van der Waals surface area contributed by atoms with E-state index < -0.39 is 5.97 Å². The number of hydrogen-bond donors (Lipinski definition) is 1. The Morgan fingerprint density at radius 2 is 1.60 bits per heavy atom. The van der Waals surface area contributed by atoms with Gasteiger partial charge in [0.2, 0.25) is 0 Å². The van der Waals surface area contributed by atoms with Crippen LogP contribution in [0.2, 0.25) is 0 Å². The molecular formula is C36H48N4O2. The minimum absolute atomic E-state index is 0.289. The van der Waals surface area contributed by atoms with Crippen LogP contribution >= 0.6 is 0 Å². The highest BCUT2D eigenvalue weighted by Crippen LogP contribution is 2.39. The number of aryl methyl sites for hydroxylation is 3. The molecule has 1 aliphatic carbocycles. The average Bonchev–Trinajstić information content (AvgIpc) is 3.60. The van der Waals surface area contributed by atoms with E-state index in [4.69, 9.17) is 5.10 Å². The fourth-order valence-electron chi connectivity index (χ4n) is 8.24. The maximum absolute atomic E-state index is 12.6. The monoisotopic (exact) mass is 568 g/mol. The molecule has 0 spiro atoms. The van der Waals surface area contributed by atoms with Crippen molar-refractivity contribution in [3.05, 3.63) is 89.2 Å². The van der Waals surface area contributed by atoms with Gasteiger partial charge in [-0.05, 0) is 80.1 Å². The first-order valence-corrected chi connectivity index (χ1v) is 16.4. The van der Waals surface area contributed by atoms with Gasteiger partial charge in [-0.25, -0.2) is 0 Å². The second kappa shape index (κ2) is 13.6.